The number of benzene rings is 1. The number of H-pyrrole nitrogens is 1. The number of nitrogens with zero attached hydrogens (tertiary/aromatic N) is 5. The third-order valence-electron chi connectivity index (χ3n) is 6.11. The first-order chi connectivity index (χ1) is 16.1. The van der Waals surface area contributed by atoms with E-state index in [0.29, 0.717) is 6.54 Å². The van der Waals surface area contributed by atoms with Crippen LogP contribution in [0.4, 0.5) is 5.69 Å². The largest absolute Gasteiger partial charge is 0.378 e. The highest BCUT2D eigenvalue weighted by Crippen LogP contribution is 2.31. The van der Waals surface area contributed by atoms with Crippen LogP contribution in [0.15, 0.2) is 61.1 Å². The summed E-state index contributed by atoms with van der Waals surface area (Å²) in [6, 6.07) is 16.5. The summed E-state index contributed by atoms with van der Waals surface area (Å²) in [6.45, 7) is 2.55. The lowest BCUT2D eigenvalue weighted by Crippen LogP contribution is -2.19. The number of aryl methyl sites for hydroxylation is 1. The van der Waals surface area contributed by atoms with Crippen LogP contribution in [0.5, 0.6) is 0 Å². The molecule has 1 unspecified atom stereocenters. The average molecular weight is 437 g/mol. The van der Waals surface area contributed by atoms with Gasteiger partial charge < -0.3 is 16.0 Å². The first-order valence-corrected chi connectivity index (χ1v) is 11.1. The molecule has 4 aromatic heterocycles. The maximum absolute atomic E-state index is 6.19. The summed E-state index contributed by atoms with van der Waals surface area (Å²) in [4.78, 5) is 17.4. The number of nitrogens with one attached hydrogen (secondary N) is 2. The fraction of sp³-hybridized carbons (Fsp3) is 0.200. The van der Waals surface area contributed by atoms with Gasteiger partial charge in [-0.1, -0.05) is 18.2 Å². The van der Waals surface area contributed by atoms with Gasteiger partial charge in [-0.25, -0.2) is 14.5 Å². The van der Waals surface area contributed by atoms with Crippen LogP contribution in [0.3, 0.4) is 0 Å². The Morgan fingerprint density at radius 1 is 1.09 bits per heavy atom. The topological polar surface area (TPSA) is 110 Å². The molecule has 1 aliphatic rings. The quantitative estimate of drug-likeness (QED) is 0.389. The number of anilines is 1. The van der Waals surface area contributed by atoms with Crippen LogP contribution in [-0.4, -0.2) is 35.6 Å². The second-order valence-electron chi connectivity index (χ2n) is 8.52. The van der Waals surface area contributed by atoms with Crippen molar-refractivity contribution in [3.63, 3.8) is 0 Å². The van der Waals surface area contributed by atoms with E-state index in [-0.39, 0.29) is 6.04 Å². The number of rotatable bonds is 5. The van der Waals surface area contributed by atoms with Gasteiger partial charge in [0.15, 0.2) is 5.65 Å². The highest BCUT2D eigenvalue weighted by molar-refractivity contribution is 5.77. The minimum Gasteiger partial charge on any atom is -0.378 e. The summed E-state index contributed by atoms with van der Waals surface area (Å²) in [5, 5.41) is 7.84. The van der Waals surface area contributed by atoms with Crippen molar-refractivity contribution in [1.29, 1.82) is 0 Å². The molecule has 1 aliphatic carbocycles. The van der Waals surface area contributed by atoms with Gasteiger partial charge in [0, 0.05) is 29.2 Å². The highest BCUT2D eigenvalue weighted by Gasteiger charge is 2.21. The molecule has 0 fully saturated rings. The third kappa shape index (κ3) is 3.64. The number of hydrogen-bond donors (Lipinski definition) is 3. The fourth-order valence-corrected chi connectivity index (χ4v) is 4.57. The van der Waals surface area contributed by atoms with Gasteiger partial charge in [0.2, 0.25) is 0 Å². The smallest absolute Gasteiger partial charge is 0.155 e. The van der Waals surface area contributed by atoms with Crippen LogP contribution in [0.1, 0.15) is 22.6 Å². The van der Waals surface area contributed by atoms with Crippen LogP contribution in [0.2, 0.25) is 0 Å². The monoisotopic (exact) mass is 436 g/mol. The molecular weight excluding hydrogens is 412 g/mol. The summed E-state index contributed by atoms with van der Waals surface area (Å²) >= 11 is 0. The molecule has 0 aliphatic heterocycles. The highest BCUT2D eigenvalue weighted by atomic mass is 15.3. The predicted molar refractivity (Wildman–Crippen MR) is 128 cm³/mol. The van der Waals surface area contributed by atoms with E-state index in [9.17, 15) is 0 Å². The van der Waals surface area contributed by atoms with Crippen LogP contribution in [-0.2, 0) is 19.4 Å². The minimum absolute atomic E-state index is 0.198. The molecule has 4 N–H and O–H groups in total. The van der Waals surface area contributed by atoms with Crippen molar-refractivity contribution in [2.45, 2.75) is 32.4 Å². The summed E-state index contributed by atoms with van der Waals surface area (Å²) in [6.07, 6.45) is 5.34. The van der Waals surface area contributed by atoms with Crippen molar-refractivity contribution in [1.82, 2.24) is 29.5 Å². The number of aromatic nitrogens is 6. The maximum atomic E-state index is 6.19. The van der Waals surface area contributed by atoms with Crippen LogP contribution in [0.25, 0.3) is 28.3 Å². The molecule has 33 heavy (non-hydrogen) atoms. The van der Waals surface area contributed by atoms with E-state index in [4.69, 9.17) is 15.7 Å². The Balaban J connectivity index is 1.37. The molecule has 1 atom stereocenters. The molecule has 1 aromatic carbocycles. The van der Waals surface area contributed by atoms with Gasteiger partial charge in [0.1, 0.15) is 17.8 Å². The lowest BCUT2D eigenvalue weighted by molar-refractivity contribution is 0.721. The van der Waals surface area contributed by atoms with Crippen molar-refractivity contribution in [3.8, 4) is 22.6 Å². The van der Waals surface area contributed by atoms with Gasteiger partial charge >= 0.3 is 0 Å². The Labute approximate surface area is 190 Å². The van der Waals surface area contributed by atoms with Crippen molar-refractivity contribution in [2.24, 2.45) is 5.73 Å². The van der Waals surface area contributed by atoms with Crippen molar-refractivity contribution >= 4 is 11.3 Å². The molecular formula is C25H24N8. The molecule has 8 nitrogen and oxygen atoms in total. The Bertz CT molecular complexity index is 1460. The van der Waals surface area contributed by atoms with E-state index in [1.165, 1.54) is 11.1 Å². The third-order valence-corrected chi connectivity index (χ3v) is 6.11. The Morgan fingerprint density at radius 3 is 2.91 bits per heavy atom. The zero-order chi connectivity index (χ0) is 22.4. The van der Waals surface area contributed by atoms with Crippen LogP contribution in [0, 0.1) is 6.92 Å². The zero-order valence-corrected chi connectivity index (χ0v) is 18.3. The van der Waals surface area contributed by atoms with E-state index in [1.807, 2.05) is 43.5 Å². The molecule has 0 saturated carbocycles. The second-order valence-corrected chi connectivity index (χ2v) is 8.52. The minimum atomic E-state index is 0.198. The average Bonchev–Trinajstić information content (AvgIpc) is 3.54. The number of aromatic amines is 1. The Hall–Kier alpha value is -4.04. The van der Waals surface area contributed by atoms with E-state index < -0.39 is 0 Å². The Morgan fingerprint density at radius 2 is 2.00 bits per heavy atom. The number of nitrogens with two attached hydrogens (primary N) is 1. The first kappa shape index (κ1) is 19.6. The molecule has 6 rings (SSSR count). The molecule has 4 heterocycles. The van der Waals surface area contributed by atoms with Gasteiger partial charge in [-0.15, -0.1) is 0 Å². The SMILES string of the molecule is Cc1cccc(-c2nc(CNc3cccc4c3CC(N)C4)[nH]c2-c2ccc3ncnn3c2)n1. The van der Waals surface area contributed by atoms with Gasteiger partial charge in [-0.05, 0) is 61.2 Å². The standard InChI is InChI=1S/C25H24N8/c1-15-4-2-7-21(30-15)25-24(17-8-9-23-28-14-29-33(23)13-17)31-22(32-25)12-27-20-6-3-5-16-10-18(26)11-19(16)20/h2-9,13-14,18,27H,10-12,26H2,1H3,(H,31,32). The fourth-order valence-electron chi connectivity index (χ4n) is 4.57. The summed E-state index contributed by atoms with van der Waals surface area (Å²) in [5.74, 6) is 0.835. The summed E-state index contributed by atoms with van der Waals surface area (Å²) in [7, 11) is 0. The van der Waals surface area contributed by atoms with Crippen molar-refractivity contribution < 1.29 is 0 Å². The van der Waals surface area contributed by atoms with Crippen LogP contribution < -0.4 is 11.1 Å². The molecule has 164 valence electrons. The van der Waals surface area contributed by atoms with Crippen molar-refractivity contribution in [3.05, 3.63) is 83.7 Å². The summed E-state index contributed by atoms with van der Waals surface area (Å²) in [5.41, 5.74) is 15.2. The van der Waals surface area contributed by atoms with E-state index in [2.05, 4.69) is 38.6 Å². The first-order valence-electron chi connectivity index (χ1n) is 11.1. The van der Waals surface area contributed by atoms with E-state index in [1.54, 1.807) is 10.8 Å². The zero-order valence-electron chi connectivity index (χ0n) is 18.3. The number of pyridine rings is 2. The van der Waals surface area contributed by atoms with Crippen LogP contribution >= 0.6 is 0 Å². The van der Waals surface area contributed by atoms with Gasteiger partial charge in [0.25, 0.3) is 0 Å². The number of imidazole rings is 1. The van der Waals surface area contributed by atoms with Gasteiger partial charge in [-0.2, -0.15) is 5.10 Å². The van der Waals surface area contributed by atoms with Crippen molar-refractivity contribution in [2.75, 3.05) is 5.32 Å². The Kier molecular flexibility index (Phi) is 4.66. The lowest BCUT2D eigenvalue weighted by atomic mass is 10.1. The predicted octanol–water partition coefficient (Wildman–Crippen LogP) is 3.53. The molecule has 0 amide bonds. The second kappa shape index (κ2) is 7.83. The molecule has 0 spiro atoms. The molecule has 5 aromatic rings. The maximum Gasteiger partial charge on any atom is 0.155 e. The van der Waals surface area contributed by atoms with Gasteiger partial charge in [0.05, 0.1) is 17.9 Å². The number of fused-ring (bicyclic) bond motifs is 2. The molecule has 8 heteroatoms. The van der Waals surface area contributed by atoms with E-state index in [0.717, 1.165) is 58.3 Å². The molecule has 0 bridgehead atoms. The summed E-state index contributed by atoms with van der Waals surface area (Å²) < 4.78 is 1.76. The van der Waals surface area contributed by atoms with E-state index >= 15 is 0 Å². The normalized spacial score (nSPS) is 15.2. The number of hydrogen-bond acceptors (Lipinski definition) is 6. The molecule has 0 radical (unpaired) electrons. The van der Waals surface area contributed by atoms with Gasteiger partial charge in [-0.3, -0.25) is 4.98 Å². The molecule has 0 saturated heterocycles. The lowest BCUT2D eigenvalue weighted by Gasteiger charge is -2.10.